The number of pyridine rings is 1. The molecule has 1 aliphatic rings. The van der Waals surface area contributed by atoms with Crippen molar-refractivity contribution in [2.24, 2.45) is 0 Å². The molecule has 4 heteroatoms. The molecule has 0 unspecified atom stereocenters. The van der Waals surface area contributed by atoms with Crippen molar-refractivity contribution in [3.63, 3.8) is 0 Å². The molecule has 1 heterocycles. The quantitative estimate of drug-likeness (QED) is 0.876. The first-order chi connectivity index (χ1) is 9.15. The second-order valence-corrected chi connectivity index (χ2v) is 5.51. The summed E-state index contributed by atoms with van der Waals surface area (Å²) in [5, 5.41) is 6.37. The first-order valence-corrected chi connectivity index (χ1v) is 7.05. The van der Waals surface area contributed by atoms with E-state index in [-0.39, 0.29) is 11.4 Å². The number of carbonyl (C=O) groups excluding carboxylic acids is 1. The Hall–Kier alpha value is -1.42. The average Bonchev–Trinajstić information content (AvgIpc) is 2.42. The van der Waals surface area contributed by atoms with Gasteiger partial charge in [0, 0.05) is 30.0 Å². The Morgan fingerprint density at radius 1 is 1.37 bits per heavy atom. The van der Waals surface area contributed by atoms with E-state index in [1.807, 2.05) is 20.0 Å². The second kappa shape index (κ2) is 6.15. The minimum Gasteiger partial charge on any atom is -0.326 e. The number of amides is 1. The van der Waals surface area contributed by atoms with Crippen molar-refractivity contribution in [1.29, 1.82) is 0 Å². The highest BCUT2D eigenvalue weighted by molar-refractivity contribution is 5.92. The summed E-state index contributed by atoms with van der Waals surface area (Å²) >= 11 is 0. The Morgan fingerprint density at radius 3 is 2.74 bits per heavy atom. The van der Waals surface area contributed by atoms with E-state index in [4.69, 9.17) is 0 Å². The van der Waals surface area contributed by atoms with Gasteiger partial charge < -0.3 is 10.6 Å². The average molecular weight is 261 g/mol. The van der Waals surface area contributed by atoms with Crippen LogP contribution in [0.25, 0.3) is 0 Å². The lowest BCUT2D eigenvalue weighted by molar-refractivity contribution is -0.117. The summed E-state index contributed by atoms with van der Waals surface area (Å²) in [6.07, 6.45) is 9.91. The molecule has 1 fully saturated rings. The van der Waals surface area contributed by atoms with Crippen molar-refractivity contribution >= 4 is 11.6 Å². The Labute approximate surface area is 115 Å². The van der Waals surface area contributed by atoms with Gasteiger partial charge in [0.2, 0.25) is 5.91 Å². The Morgan fingerprint density at radius 2 is 2.11 bits per heavy atom. The van der Waals surface area contributed by atoms with Crippen LogP contribution in [0.5, 0.6) is 0 Å². The van der Waals surface area contributed by atoms with Crippen molar-refractivity contribution in [3.8, 4) is 0 Å². The minimum absolute atomic E-state index is 0.0106. The van der Waals surface area contributed by atoms with Crippen molar-refractivity contribution < 1.29 is 4.79 Å². The zero-order valence-corrected chi connectivity index (χ0v) is 11.8. The number of aromatic nitrogens is 1. The predicted molar refractivity (Wildman–Crippen MR) is 77.1 cm³/mol. The highest BCUT2D eigenvalue weighted by atomic mass is 16.1. The summed E-state index contributed by atoms with van der Waals surface area (Å²) in [4.78, 5) is 16.3. The number of hydrogen-bond acceptors (Lipinski definition) is 3. The maximum atomic E-state index is 12.2. The van der Waals surface area contributed by atoms with Crippen molar-refractivity contribution in [3.05, 3.63) is 24.0 Å². The van der Waals surface area contributed by atoms with Crippen LogP contribution >= 0.6 is 0 Å². The molecule has 2 N–H and O–H groups in total. The first-order valence-electron chi connectivity index (χ1n) is 7.05. The Balaban J connectivity index is 1.98. The SMILES string of the molecule is CNC1(CC(=O)Nc2ccncc2C)CCCCC1. The van der Waals surface area contributed by atoms with Gasteiger partial charge >= 0.3 is 0 Å². The highest BCUT2D eigenvalue weighted by Crippen LogP contribution is 2.31. The van der Waals surface area contributed by atoms with Crippen LogP contribution < -0.4 is 10.6 Å². The lowest BCUT2D eigenvalue weighted by Gasteiger charge is -2.36. The number of nitrogens with one attached hydrogen (secondary N) is 2. The van der Waals surface area contributed by atoms with Crippen LogP contribution in [-0.4, -0.2) is 23.5 Å². The van der Waals surface area contributed by atoms with Gasteiger partial charge in [0.05, 0.1) is 0 Å². The van der Waals surface area contributed by atoms with Gasteiger partial charge in [-0.25, -0.2) is 0 Å². The summed E-state index contributed by atoms with van der Waals surface area (Å²) in [5.74, 6) is 0.0885. The fourth-order valence-electron chi connectivity index (χ4n) is 2.86. The predicted octanol–water partition coefficient (Wildman–Crippen LogP) is 2.64. The molecule has 4 nitrogen and oxygen atoms in total. The van der Waals surface area contributed by atoms with Crippen LogP contribution in [0.1, 0.15) is 44.1 Å². The third kappa shape index (κ3) is 3.53. The van der Waals surface area contributed by atoms with E-state index in [0.717, 1.165) is 24.1 Å². The summed E-state index contributed by atoms with van der Waals surface area (Å²) in [6, 6.07) is 1.85. The van der Waals surface area contributed by atoms with Gasteiger partial charge in [-0.3, -0.25) is 9.78 Å². The van der Waals surface area contributed by atoms with Crippen molar-refractivity contribution in [1.82, 2.24) is 10.3 Å². The standard InChI is InChI=1S/C15H23N3O/c1-12-11-17-9-6-13(12)18-14(19)10-15(16-2)7-4-3-5-8-15/h6,9,11,16H,3-5,7-8,10H2,1-2H3,(H,17,18,19). The molecular weight excluding hydrogens is 238 g/mol. The zero-order chi connectivity index (χ0) is 13.7. The molecular formula is C15H23N3O. The maximum absolute atomic E-state index is 12.2. The molecule has 1 amide bonds. The molecule has 1 aromatic rings. The monoisotopic (exact) mass is 261 g/mol. The number of aryl methyl sites for hydroxylation is 1. The second-order valence-electron chi connectivity index (χ2n) is 5.51. The maximum Gasteiger partial charge on any atom is 0.226 e. The first kappa shape index (κ1) is 14.0. The van der Waals surface area contributed by atoms with E-state index in [1.54, 1.807) is 12.4 Å². The smallest absolute Gasteiger partial charge is 0.226 e. The fraction of sp³-hybridized carbons (Fsp3) is 0.600. The summed E-state index contributed by atoms with van der Waals surface area (Å²) < 4.78 is 0. The van der Waals surface area contributed by atoms with E-state index >= 15 is 0 Å². The van der Waals surface area contributed by atoms with Gasteiger partial charge in [-0.1, -0.05) is 19.3 Å². The summed E-state index contributed by atoms with van der Waals surface area (Å²) in [5.41, 5.74) is 1.85. The van der Waals surface area contributed by atoms with E-state index in [1.165, 1.54) is 19.3 Å². The van der Waals surface area contributed by atoms with Gasteiger partial charge in [-0.2, -0.15) is 0 Å². The number of anilines is 1. The number of rotatable bonds is 4. The molecule has 2 rings (SSSR count). The van der Waals surface area contributed by atoms with Crippen molar-refractivity contribution in [2.75, 3.05) is 12.4 Å². The van der Waals surface area contributed by atoms with Crippen molar-refractivity contribution in [2.45, 2.75) is 51.0 Å². The molecule has 104 valence electrons. The van der Waals surface area contributed by atoms with E-state index in [9.17, 15) is 4.79 Å². The fourth-order valence-corrected chi connectivity index (χ4v) is 2.86. The molecule has 1 saturated carbocycles. The third-order valence-corrected chi connectivity index (χ3v) is 4.13. The molecule has 0 radical (unpaired) electrons. The molecule has 1 aliphatic carbocycles. The lowest BCUT2D eigenvalue weighted by atomic mass is 9.79. The van der Waals surface area contributed by atoms with Gasteiger partial charge in [0.15, 0.2) is 0 Å². The molecule has 0 spiro atoms. The molecule has 0 atom stereocenters. The van der Waals surface area contributed by atoms with Crippen LogP contribution in [0, 0.1) is 6.92 Å². The van der Waals surface area contributed by atoms with Gasteiger partial charge in [0.1, 0.15) is 0 Å². The van der Waals surface area contributed by atoms with Crippen LogP contribution in [0.4, 0.5) is 5.69 Å². The number of nitrogens with zero attached hydrogens (tertiary/aromatic N) is 1. The van der Waals surface area contributed by atoms with Crippen LogP contribution in [0.3, 0.4) is 0 Å². The molecule has 0 bridgehead atoms. The third-order valence-electron chi connectivity index (χ3n) is 4.13. The van der Waals surface area contributed by atoms with Crippen LogP contribution in [0.15, 0.2) is 18.5 Å². The number of carbonyl (C=O) groups is 1. The van der Waals surface area contributed by atoms with Crippen LogP contribution in [0.2, 0.25) is 0 Å². The molecule has 0 aliphatic heterocycles. The summed E-state index contributed by atoms with van der Waals surface area (Å²) in [7, 11) is 1.97. The lowest BCUT2D eigenvalue weighted by Crippen LogP contribution is -2.47. The van der Waals surface area contributed by atoms with E-state index in [0.29, 0.717) is 6.42 Å². The summed E-state index contributed by atoms with van der Waals surface area (Å²) in [6.45, 7) is 1.96. The molecule has 19 heavy (non-hydrogen) atoms. The van der Waals surface area contributed by atoms with Crippen LogP contribution in [-0.2, 0) is 4.79 Å². The highest BCUT2D eigenvalue weighted by Gasteiger charge is 2.32. The minimum atomic E-state index is -0.0106. The zero-order valence-electron chi connectivity index (χ0n) is 11.8. The van der Waals surface area contributed by atoms with Gasteiger partial charge in [0.25, 0.3) is 0 Å². The van der Waals surface area contributed by atoms with Gasteiger partial charge in [-0.15, -0.1) is 0 Å². The Bertz CT molecular complexity index is 439. The molecule has 0 saturated heterocycles. The molecule has 0 aromatic carbocycles. The normalized spacial score (nSPS) is 18.0. The molecule has 1 aromatic heterocycles. The topological polar surface area (TPSA) is 54.0 Å². The number of hydrogen-bond donors (Lipinski definition) is 2. The van der Waals surface area contributed by atoms with E-state index < -0.39 is 0 Å². The Kier molecular flexibility index (Phi) is 4.53. The van der Waals surface area contributed by atoms with E-state index in [2.05, 4.69) is 15.6 Å². The largest absolute Gasteiger partial charge is 0.326 e. The van der Waals surface area contributed by atoms with Gasteiger partial charge in [-0.05, 0) is 38.4 Å².